The zero-order valence-corrected chi connectivity index (χ0v) is 16.2. The van der Waals surface area contributed by atoms with Gasteiger partial charge in [0.2, 0.25) is 10.0 Å². The molecule has 8 nitrogen and oxygen atoms in total. The van der Waals surface area contributed by atoms with Crippen molar-refractivity contribution in [3.63, 3.8) is 0 Å². The van der Waals surface area contributed by atoms with Crippen LogP contribution in [0.5, 0.6) is 5.75 Å². The predicted molar refractivity (Wildman–Crippen MR) is 104 cm³/mol. The topological polar surface area (TPSA) is 106 Å². The average molecular weight is 402 g/mol. The number of methoxy groups -OCH3 is 1. The fraction of sp³-hybridized carbons (Fsp3) is 0.158. The van der Waals surface area contributed by atoms with Crippen LogP contribution < -0.4 is 15.7 Å². The summed E-state index contributed by atoms with van der Waals surface area (Å²) in [6.45, 7) is 0. The van der Waals surface area contributed by atoms with Crippen molar-refractivity contribution in [3.8, 4) is 5.75 Å². The lowest BCUT2D eigenvalue weighted by Gasteiger charge is -2.15. The fourth-order valence-corrected chi connectivity index (χ4v) is 3.49. The minimum Gasteiger partial charge on any atom is -0.495 e. The van der Waals surface area contributed by atoms with Gasteiger partial charge in [0.05, 0.1) is 17.7 Å². The smallest absolute Gasteiger partial charge is 0.349 e. The van der Waals surface area contributed by atoms with Crippen molar-refractivity contribution in [2.75, 3.05) is 26.5 Å². The molecule has 9 heteroatoms. The Balaban J connectivity index is 2.02. The van der Waals surface area contributed by atoms with Crippen molar-refractivity contribution in [2.45, 2.75) is 4.90 Å². The SMILES string of the molecule is COc1ccc(S(=O)(=O)N(C)C)cc1NC(=O)c1cc2ccccc2oc1=O. The maximum absolute atomic E-state index is 12.7. The molecule has 1 aromatic heterocycles. The minimum absolute atomic E-state index is 0.0286. The summed E-state index contributed by atoms with van der Waals surface area (Å²) >= 11 is 0. The van der Waals surface area contributed by atoms with Crippen molar-refractivity contribution in [3.05, 3.63) is 64.5 Å². The molecule has 0 atom stereocenters. The number of benzene rings is 2. The molecule has 1 N–H and O–H groups in total. The summed E-state index contributed by atoms with van der Waals surface area (Å²) < 4.78 is 36.1. The molecule has 3 rings (SSSR count). The van der Waals surface area contributed by atoms with E-state index in [4.69, 9.17) is 9.15 Å². The number of ether oxygens (including phenoxy) is 1. The first-order chi connectivity index (χ1) is 13.2. The lowest BCUT2D eigenvalue weighted by molar-refractivity contribution is 0.102. The Morgan fingerprint density at radius 3 is 2.50 bits per heavy atom. The number of nitrogens with one attached hydrogen (secondary N) is 1. The molecule has 0 unspecified atom stereocenters. The molecule has 0 radical (unpaired) electrons. The Morgan fingerprint density at radius 1 is 1.11 bits per heavy atom. The van der Waals surface area contributed by atoms with Crippen LogP contribution in [0.1, 0.15) is 10.4 Å². The second kappa shape index (κ2) is 7.45. The van der Waals surface area contributed by atoms with Gasteiger partial charge in [-0.15, -0.1) is 0 Å². The fourth-order valence-electron chi connectivity index (χ4n) is 2.57. The molecule has 0 aliphatic rings. The molecule has 0 bridgehead atoms. The Bertz CT molecular complexity index is 1210. The minimum atomic E-state index is -3.72. The van der Waals surface area contributed by atoms with Crippen molar-refractivity contribution in [2.24, 2.45) is 0 Å². The summed E-state index contributed by atoms with van der Waals surface area (Å²) in [5.41, 5.74) is -0.530. The van der Waals surface area contributed by atoms with E-state index in [2.05, 4.69) is 5.32 Å². The Kier molecular flexibility index (Phi) is 5.21. The Morgan fingerprint density at radius 2 is 1.82 bits per heavy atom. The van der Waals surface area contributed by atoms with E-state index in [1.807, 2.05) is 0 Å². The van der Waals surface area contributed by atoms with Crippen LogP contribution in [0, 0.1) is 0 Å². The van der Waals surface area contributed by atoms with Gasteiger partial charge in [-0.25, -0.2) is 17.5 Å². The van der Waals surface area contributed by atoms with Crippen LogP contribution in [0.15, 0.2) is 62.6 Å². The van der Waals surface area contributed by atoms with Gasteiger partial charge in [0.15, 0.2) is 0 Å². The molecule has 146 valence electrons. The maximum atomic E-state index is 12.7. The first-order valence-corrected chi connectivity index (χ1v) is 9.63. The molecule has 28 heavy (non-hydrogen) atoms. The van der Waals surface area contributed by atoms with Crippen LogP contribution in [-0.2, 0) is 10.0 Å². The second-order valence-corrected chi connectivity index (χ2v) is 8.24. The summed E-state index contributed by atoms with van der Waals surface area (Å²) in [7, 11) is 0.471. The van der Waals surface area contributed by atoms with Crippen LogP contribution in [0.4, 0.5) is 5.69 Å². The zero-order valence-electron chi connectivity index (χ0n) is 15.4. The highest BCUT2D eigenvalue weighted by Crippen LogP contribution is 2.29. The molecule has 0 saturated heterocycles. The number of hydrogen-bond acceptors (Lipinski definition) is 6. The van der Waals surface area contributed by atoms with Gasteiger partial charge < -0.3 is 14.5 Å². The molecule has 0 aliphatic carbocycles. The van der Waals surface area contributed by atoms with Crippen LogP contribution in [-0.4, -0.2) is 39.8 Å². The summed E-state index contributed by atoms with van der Waals surface area (Å²) in [6.07, 6.45) is 0. The average Bonchev–Trinajstić information content (AvgIpc) is 2.67. The van der Waals surface area contributed by atoms with Gasteiger partial charge in [-0.2, -0.15) is 0 Å². The van der Waals surface area contributed by atoms with Crippen molar-refractivity contribution < 1.29 is 22.4 Å². The standard InChI is InChI=1S/C19H18N2O6S/c1-21(2)28(24,25)13-8-9-17(26-3)15(11-13)20-18(22)14-10-12-6-4-5-7-16(12)27-19(14)23/h4-11H,1-3H3,(H,20,22). The summed E-state index contributed by atoms with van der Waals surface area (Å²) in [5.74, 6) is -0.492. The van der Waals surface area contributed by atoms with E-state index in [0.29, 0.717) is 11.0 Å². The molecule has 0 saturated carbocycles. The number of rotatable bonds is 5. The van der Waals surface area contributed by atoms with Crippen molar-refractivity contribution in [1.29, 1.82) is 0 Å². The van der Waals surface area contributed by atoms with Crippen molar-refractivity contribution in [1.82, 2.24) is 4.31 Å². The van der Waals surface area contributed by atoms with E-state index in [-0.39, 0.29) is 21.9 Å². The third-order valence-corrected chi connectivity index (χ3v) is 5.89. The van der Waals surface area contributed by atoms with Crippen LogP contribution >= 0.6 is 0 Å². The van der Waals surface area contributed by atoms with Gasteiger partial charge >= 0.3 is 5.63 Å². The van der Waals surface area contributed by atoms with E-state index in [1.165, 1.54) is 45.5 Å². The van der Waals surface area contributed by atoms with E-state index in [1.54, 1.807) is 24.3 Å². The third-order valence-electron chi connectivity index (χ3n) is 4.08. The number of hydrogen-bond donors (Lipinski definition) is 1. The first kappa shape index (κ1) is 19.6. The number of fused-ring (bicyclic) bond motifs is 1. The number of carbonyl (C=O) groups is 1. The molecule has 3 aromatic rings. The number of nitrogens with zero attached hydrogens (tertiary/aromatic N) is 1. The van der Waals surface area contributed by atoms with Crippen LogP contribution in [0.25, 0.3) is 11.0 Å². The van der Waals surface area contributed by atoms with E-state index >= 15 is 0 Å². The molecule has 0 spiro atoms. The van der Waals surface area contributed by atoms with E-state index in [9.17, 15) is 18.0 Å². The number of para-hydroxylation sites is 1. The second-order valence-electron chi connectivity index (χ2n) is 6.09. The first-order valence-electron chi connectivity index (χ1n) is 8.19. The lowest BCUT2D eigenvalue weighted by atomic mass is 10.1. The Hall–Kier alpha value is -3.17. The third kappa shape index (κ3) is 3.62. The number of carbonyl (C=O) groups excluding carboxylic acids is 1. The normalized spacial score (nSPS) is 11.6. The summed E-state index contributed by atoms with van der Waals surface area (Å²) in [4.78, 5) is 24.8. The van der Waals surface area contributed by atoms with Crippen LogP contribution in [0.2, 0.25) is 0 Å². The summed E-state index contributed by atoms with van der Waals surface area (Å²) in [6, 6.07) is 12.3. The van der Waals surface area contributed by atoms with Gasteiger partial charge in [0, 0.05) is 19.5 Å². The monoisotopic (exact) mass is 402 g/mol. The molecular weight excluding hydrogens is 384 g/mol. The molecule has 0 aliphatic heterocycles. The van der Waals surface area contributed by atoms with Gasteiger partial charge in [-0.1, -0.05) is 18.2 Å². The van der Waals surface area contributed by atoms with Gasteiger partial charge in [-0.3, -0.25) is 4.79 Å². The molecule has 2 aromatic carbocycles. The highest BCUT2D eigenvalue weighted by molar-refractivity contribution is 7.89. The van der Waals surface area contributed by atoms with Gasteiger partial charge in [-0.05, 0) is 30.3 Å². The molecule has 1 amide bonds. The largest absolute Gasteiger partial charge is 0.495 e. The van der Waals surface area contributed by atoms with Crippen molar-refractivity contribution >= 4 is 32.6 Å². The highest BCUT2D eigenvalue weighted by Gasteiger charge is 2.21. The maximum Gasteiger partial charge on any atom is 0.349 e. The van der Waals surface area contributed by atoms with Gasteiger partial charge in [0.25, 0.3) is 5.91 Å². The zero-order chi connectivity index (χ0) is 20.5. The highest BCUT2D eigenvalue weighted by atomic mass is 32.2. The van der Waals surface area contributed by atoms with Gasteiger partial charge in [0.1, 0.15) is 16.9 Å². The molecule has 0 fully saturated rings. The van der Waals surface area contributed by atoms with Crippen LogP contribution in [0.3, 0.4) is 0 Å². The predicted octanol–water partition coefficient (Wildman–Crippen LogP) is 2.30. The number of sulfonamides is 1. The number of amides is 1. The number of anilines is 1. The lowest BCUT2D eigenvalue weighted by Crippen LogP contribution is -2.23. The summed E-state index contributed by atoms with van der Waals surface area (Å²) in [5, 5.41) is 3.11. The Labute approximate surface area is 161 Å². The quantitative estimate of drug-likeness (QED) is 0.657. The molecule has 1 heterocycles. The van der Waals surface area contributed by atoms with E-state index in [0.717, 1.165) is 4.31 Å². The molecular formula is C19H18N2O6S. The van der Waals surface area contributed by atoms with E-state index < -0.39 is 21.6 Å².